The van der Waals surface area contributed by atoms with Gasteiger partial charge in [0.25, 0.3) is 0 Å². The van der Waals surface area contributed by atoms with Crippen LogP contribution in [0.25, 0.3) is 0 Å². The molecule has 0 N–H and O–H groups in total. The van der Waals surface area contributed by atoms with Gasteiger partial charge in [0.2, 0.25) is 0 Å². The lowest BCUT2D eigenvalue weighted by Gasteiger charge is -2.29. The molecule has 0 aliphatic heterocycles. The van der Waals surface area contributed by atoms with E-state index in [-0.39, 0.29) is 17.3 Å². The van der Waals surface area contributed by atoms with Crippen molar-refractivity contribution in [1.29, 1.82) is 0 Å². The van der Waals surface area contributed by atoms with Crippen LogP contribution in [0.15, 0.2) is 12.2 Å². The number of methoxy groups -OCH3 is 1. The highest BCUT2D eigenvalue weighted by molar-refractivity contribution is 5.74. The molecule has 0 fully saturated rings. The molecule has 0 aromatic carbocycles. The third-order valence-electron chi connectivity index (χ3n) is 2.32. The Morgan fingerprint density at radius 1 is 1.58 bits per heavy atom. The Labute approximate surface area is 73.6 Å². The highest BCUT2D eigenvalue weighted by Crippen LogP contribution is 2.34. The Balaban J connectivity index is 2.64. The maximum absolute atomic E-state index is 11.2. The number of carbonyl (C=O) groups excluding carboxylic acids is 1. The lowest BCUT2D eigenvalue weighted by molar-refractivity contribution is -0.144. The first-order valence-corrected chi connectivity index (χ1v) is 4.30. The number of rotatable bonds is 1. The summed E-state index contributed by atoms with van der Waals surface area (Å²) in [7, 11) is 1.44. The largest absolute Gasteiger partial charge is 0.469 e. The van der Waals surface area contributed by atoms with Gasteiger partial charge in [-0.3, -0.25) is 4.79 Å². The van der Waals surface area contributed by atoms with Crippen molar-refractivity contribution in [3.8, 4) is 0 Å². The summed E-state index contributed by atoms with van der Waals surface area (Å²) >= 11 is 0. The van der Waals surface area contributed by atoms with E-state index in [1.807, 2.05) is 6.08 Å². The van der Waals surface area contributed by atoms with E-state index in [2.05, 4.69) is 19.9 Å². The summed E-state index contributed by atoms with van der Waals surface area (Å²) in [5.41, 5.74) is 0.244. The van der Waals surface area contributed by atoms with Crippen LogP contribution in [0.1, 0.15) is 26.7 Å². The Hall–Kier alpha value is -0.790. The summed E-state index contributed by atoms with van der Waals surface area (Å²) in [5, 5.41) is 0. The van der Waals surface area contributed by atoms with Gasteiger partial charge in [0.15, 0.2) is 0 Å². The van der Waals surface area contributed by atoms with Crippen LogP contribution in [0.5, 0.6) is 0 Å². The number of esters is 1. The van der Waals surface area contributed by atoms with Crippen LogP contribution in [-0.4, -0.2) is 13.1 Å². The molecule has 0 heterocycles. The monoisotopic (exact) mass is 168 g/mol. The first-order chi connectivity index (χ1) is 5.55. The normalized spacial score (nSPS) is 26.8. The van der Waals surface area contributed by atoms with E-state index in [4.69, 9.17) is 4.74 Å². The van der Waals surface area contributed by atoms with E-state index in [9.17, 15) is 4.79 Å². The summed E-state index contributed by atoms with van der Waals surface area (Å²) in [5.74, 6) is -0.141. The van der Waals surface area contributed by atoms with Crippen LogP contribution in [-0.2, 0) is 9.53 Å². The maximum atomic E-state index is 11.2. The van der Waals surface area contributed by atoms with Gasteiger partial charge in [0.05, 0.1) is 13.0 Å². The quantitative estimate of drug-likeness (QED) is 0.443. The van der Waals surface area contributed by atoms with Crippen molar-refractivity contribution in [2.24, 2.45) is 11.3 Å². The molecular weight excluding hydrogens is 152 g/mol. The van der Waals surface area contributed by atoms with Gasteiger partial charge in [-0.05, 0) is 18.3 Å². The molecule has 0 bridgehead atoms. The van der Waals surface area contributed by atoms with Crippen molar-refractivity contribution in [3.05, 3.63) is 12.2 Å². The van der Waals surface area contributed by atoms with Crippen molar-refractivity contribution in [1.82, 2.24) is 0 Å². The van der Waals surface area contributed by atoms with E-state index in [1.165, 1.54) is 7.11 Å². The molecular formula is C10H16O2. The second kappa shape index (κ2) is 3.30. The van der Waals surface area contributed by atoms with E-state index in [0.717, 1.165) is 12.8 Å². The third-order valence-corrected chi connectivity index (χ3v) is 2.32. The standard InChI is InChI=1S/C10H16O2/c1-10(2)6-4-5-8(7-10)9(11)12-3/h4-5,8H,6-7H2,1-3H3. The minimum Gasteiger partial charge on any atom is -0.469 e. The first kappa shape index (κ1) is 9.30. The third kappa shape index (κ3) is 2.10. The number of ether oxygens (including phenoxy) is 1. The molecule has 1 aliphatic rings. The molecule has 0 amide bonds. The van der Waals surface area contributed by atoms with Crippen LogP contribution in [0.3, 0.4) is 0 Å². The lowest BCUT2D eigenvalue weighted by Crippen LogP contribution is -2.25. The predicted octanol–water partition coefficient (Wildman–Crippen LogP) is 2.15. The van der Waals surface area contributed by atoms with Gasteiger partial charge in [-0.25, -0.2) is 0 Å². The van der Waals surface area contributed by atoms with Gasteiger partial charge in [0.1, 0.15) is 0 Å². The van der Waals surface area contributed by atoms with Crippen molar-refractivity contribution >= 4 is 5.97 Å². The maximum Gasteiger partial charge on any atom is 0.312 e. The first-order valence-electron chi connectivity index (χ1n) is 4.30. The van der Waals surface area contributed by atoms with Gasteiger partial charge in [0, 0.05) is 0 Å². The number of carbonyl (C=O) groups is 1. The van der Waals surface area contributed by atoms with Gasteiger partial charge >= 0.3 is 5.97 Å². The van der Waals surface area contributed by atoms with Crippen LogP contribution in [0.2, 0.25) is 0 Å². The molecule has 2 heteroatoms. The molecule has 1 rings (SSSR count). The Morgan fingerprint density at radius 2 is 2.25 bits per heavy atom. The van der Waals surface area contributed by atoms with Crippen LogP contribution >= 0.6 is 0 Å². The average Bonchev–Trinajstić information content (AvgIpc) is 2.01. The molecule has 0 aromatic rings. The van der Waals surface area contributed by atoms with Crippen LogP contribution in [0.4, 0.5) is 0 Å². The van der Waals surface area contributed by atoms with E-state index >= 15 is 0 Å². The highest BCUT2D eigenvalue weighted by atomic mass is 16.5. The minimum atomic E-state index is -0.112. The summed E-state index contributed by atoms with van der Waals surface area (Å²) in [6.45, 7) is 4.35. The zero-order valence-corrected chi connectivity index (χ0v) is 7.96. The Kier molecular flexibility index (Phi) is 2.55. The molecule has 0 saturated carbocycles. The fourth-order valence-corrected chi connectivity index (χ4v) is 1.61. The molecule has 1 aliphatic carbocycles. The average molecular weight is 168 g/mol. The molecule has 1 unspecified atom stereocenters. The summed E-state index contributed by atoms with van der Waals surface area (Å²) < 4.78 is 4.69. The molecule has 0 radical (unpaired) electrons. The molecule has 0 aromatic heterocycles. The van der Waals surface area contributed by atoms with E-state index in [0.29, 0.717) is 0 Å². The fraction of sp³-hybridized carbons (Fsp3) is 0.700. The summed E-state index contributed by atoms with van der Waals surface area (Å²) in [4.78, 5) is 11.2. The van der Waals surface area contributed by atoms with Gasteiger partial charge in [-0.1, -0.05) is 26.0 Å². The smallest absolute Gasteiger partial charge is 0.312 e. The van der Waals surface area contributed by atoms with E-state index in [1.54, 1.807) is 0 Å². The van der Waals surface area contributed by atoms with Gasteiger partial charge in [-0.2, -0.15) is 0 Å². The Morgan fingerprint density at radius 3 is 2.75 bits per heavy atom. The van der Waals surface area contributed by atoms with Crippen LogP contribution < -0.4 is 0 Å². The number of hydrogen-bond donors (Lipinski definition) is 0. The molecule has 0 spiro atoms. The van der Waals surface area contributed by atoms with E-state index < -0.39 is 0 Å². The van der Waals surface area contributed by atoms with Crippen molar-refractivity contribution in [2.75, 3.05) is 7.11 Å². The molecule has 0 saturated heterocycles. The molecule has 68 valence electrons. The second-order valence-electron chi connectivity index (χ2n) is 4.13. The summed E-state index contributed by atoms with van der Waals surface area (Å²) in [6, 6.07) is 0. The number of allylic oxidation sites excluding steroid dienone is 1. The highest BCUT2D eigenvalue weighted by Gasteiger charge is 2.28. The summed E-state index contributed by atoms with van der Waals surface area (Å²) in [6.07, 6.45) is 5.98. The molecule has 2 nitrogen and oxygen atoms in total. The predicted molar refractivity (Wildman–Crippen MR) is 47.7 cm³/mol. The minimum absolute atomic E-state index is 0.0289. The Bertz CT molecular complexity index is 204. The zero-order valence-electron chi connectivity index (χ0n) is 7.96. The van der Waals surface area contributed by atoms with Gasteiger partial charge < -0.3 is 4.74 Å². The lowest BCUT2D eigenvalue weighted by atomic mass is 9.76. The molecule has 1 atom stereocenters. The zero-order chi connectivity index (χ0) is 9.19. The number of hydrogen-bond acceptors (Lipinski definition) is 2. The van der Waals surface area contributed by atoms with Crippen molar-refractivity contribution < 1.29 is 9.53 Å². The SMILES string of the molecule is COC(=O)C1C=CCC(C)(C)C1. The topological polar surface area (TPSA) is 26.3 Å². The molecule has 12 heavy (non-hydrogen) atoms. The second-order valence-corrected chi connectivity index (χ2v) is 4.13. The van der Waals surface area contributed by atoms with Gasteiger partial charge in [-0.15, -0.1) is 0 Å². The van der Waals surface area contributed by atoms with Crippen LogP contribution in [0, 0.1) is 11.3 Å². The van der Waals surface area contributed by atoms with Crippen molar-refractivity contribution in [3.63, 3.8) is 0 Å². The fourth-order valence-electron chi connectivity index (χ4n) is 1.61. The van der Waals surface area contributed by atoms with Crippen molar-refractivity contribution in [2.45, 2.75) is 26.7 Å².